The van der Waals surface area contributed by atoms with Crippen LogP contribution in [-0.4, -0.2) is 23.3 Å². The van der Waals surface area contributed by atoms with Crippen LogP contribution in [0.5, 0.6) is 0 Å². The second-order valence-corrected chi connectivity index (χ2v) is 3.86. The largest absolute Gasteiger partial charge is 0.479 e. The summed E-state index contributed by atoms with van der Waals surface area (Å²) in [6, 6.07) is 0. The van der Waals surface area contributed by atoms with Crippen LogP contribution in [0.3, 0.4) is 0 Å². The number of allylic oxidation sites excluding steroid dienone is 2. The SMILES string of the molecule is CC(C)(OCC1=CCCC=C1)C(=O)O. The number of carboxylic acids is 1. The third-order valence-corrected chi connectivity index (χ3v) is 2.19. The zero-order chi connectivity index (χ0) is 10.6. The Morgan fingerprint density at radius 1 is 1.57 bits per heavy atom. The van der Waals surface area contributed by atoms with Crippen LogP contribution in [0.15, 0.2) is 23.8 Å². The first kappa shape index (κ1) is 11.0. The minimum Gasteiger partial charge on any atom is -0.479 e. The predicted octanol–water partition coefficient (Wildman–Crippen LogP) is 2.14. The first-order valence-corrected chi connectivity index (χ1v) is 4.75. The third-order valence-electron chi connectivity index (χ3n) is 2.19. The van der Waals surface area contributed by atoms with Crippen molar-refractivity contribution >= 4 is 5.97 Å². The molecule has 1 aliphatic rings. The Hall–Kier alpha value is -1.09. The van der Waals surface area contributed by atoms with Crippen LogP contribution in [0.2, 0.25) is 0 Å². The molecule has 0 saturated heterocycles. The summed E-state index contributed by atoms with van der Waals surface area (Å²) in [4.78, 5) is 10.7. The molecule has 0 atom stereocenters. The Morgan fingerprint density at radius 2 is 2.29 bits per heavy atom. The molecule has 3 heteroatoms. The van der Waals surface area contributed by atoms with Gasteiger partial charge in [-0.3, -0.25) is 0 Å². The Balaban J connectivity index is 2.44. The van der Waals surface area contributed by atoms with Gasteiger partial charge >= 0.3 is 5.97 Å². The summed E-state index contributed by atoms with van der Waals surface area (Å²) in [6.45, 7) is 3.49. The van der Waals surface area contributed by atoms with Gasteiger partial charge in [-0.05, 0) is 32.3 Å². The molecule has 1 aliphatic carbocycles. The van der Waals surface area contributed by atoms with Crippen molar-refractivity contribution in [2.24, 2.45) is 0 Å². The number of hydrogen-bond acceptors (Lipinski definition) is 2. The fourth-order valence-electron chi connectivity index (χ4n) is 1.10. The van der Waals surface area contributed by atoms with Crippen LogP contribution in [0.25, 0.3) is 0 Å². The van der Waals surface area contributed by atoms with E-state index in [1.54, 1.807) is 13.8 Å². The molecule has 78 valence electrons. The lowest BCUT2D eigenvalue weighted by molar-refractivity contribution is -0.160. The molecule has 0 aromatic heterocycles. The number of ether oxygens (including phenoxy) is 1. The van der Waals surface area contributed by atoms with E-state index in [0.29, 0.717) is 6.61 Å². The molecule has 0 spiro atoms. The second kappa shape index (κ2) is 4.42. The summed E-state index contributed by atoms with van der Waals surface area (Å²) < 4.78 is 5.31. The van der Waals surface area contributed by atoms with E-state index >= 15 is 0 Å². The summed E-state index contributed by atoms with van der Waals surface area (Å²) in [6.07, 6.45) is 8.22. The third kappa shape index (κ3) is 3.00. The van der Waals surface area contributed by atoms with Crippen LogP contribution in [0.1, 0.15) is 26.7 Å². The lowest BCUT2D eigenvalue weighted by Gasteiger charge is -2.20. The highest BCUT2D eigenvalue weighted by molar-refractivity contribution is 5.76. The van der Waals surface area contributed by atoms with Gasteiger partial charge in [0, 0.05) is 0 Å². The normalized spacial score (nSPS) is 16.6. The topological polar surface area (TPSA) is 46.5 Å². The first-order chi connectivity index (χ1) is 6.52. The van der Waals surface area contributed by atoms with Gasteiger partial charge in [-0.25, -0.2) is 4.79 Å². The van der Waals surface area contributed by atoms with E-state index < -0.39 is 11.6 Å². The van der Waals surface area contributed by atoms with Crippen molar-refractivity contribution in [1.29, 1.82) is 0 Å². The maximum Gasteiger partial charge on any atom is 0.335 e. The van der Waals surface area contributed by atoms with Crippen molar-refractivity contribution in [2.75, 3.05) is 6.61 Å². The van der Waals surface area contributed by atoms with Crippen LogP contribution in [0, 0.1) is 0 Å². The number of aliphatic carboxylic acids is 1. The fraction of sp³-hybridized carbons (Fsp3) is 0.545. The highest BCUT2D eigenvalue weighted by atomic mass is 16.5. The summed E-state index contributed by atoms with van der Waals surface area (Å²) in [5, 5.41) is 8.81. The summed E-state index contributed by atoms with van der Waals surface area (Å²) >= 11 is 0. The summed E-state index contributed by atoms with van der Waals surface area (Å²) in [5.41, 5.74) is -0.0443. The average molecular weight is 196 g/mol. The molecule has 0 amide bonds. The second-order valence-electron chi connectivity index (χ2n) is 3.86. The number of hydrogen-bond donors (Lipinski definition) is 1. The van der Waals surface area contributed by atoms with Gasteiger partial charge in [0.25, 0.3) is 0 Å². The van der Waals surface area contributed by atoms with Gasteiger partial charge in [-0.15, -0.1) is 0 Å². The van der Waals surface area contributed by atoms with Gasteiger partial charge < -0.3 is 9.84 Å². The Kier molecular flexibility index (Phi) is 3.47. The van der Waals surface area contributed by atoms with Crippen molar-refractivity contribution < 1.29 is 14.6 Å². The maximum atomic E-state index is 10.7. The fourth-order valence-corrected chi connectivity index (χ4v) is 1.10. The molecule has 0 radical (unpaired) electrons. The minimum atomic E-state index is -1.11. The maximum absolute atomic E-state index is 10.7. The lowest BCUT2D eigenvalue weighted by Crippen LogP contribution is -2.35. The smallest absolute Gasteiger partial charge is 0.335 e. The lowest BCUT2D eigenvalue weighted by atomic mass is 10.1. The van der Waals surface area contributed by atoms with Crippen LogP contribution in [0.4, 0.5) is 0 Å². The van der Waals surface area contributed by atoms with Gasteiger partial charge in [-0.1, -0.05) is 18.2 Å². The van der Waals surface area contributed by atoms with Crippen molar-refractivity contribution in [1.82, 2.24) is 0 Å². The van der Waals surface area contributed by atoms with E-state index in [1.165, 1.54) is 0 Å². The van der Waals surface area contributed by atoms with Crippen LogP contribution >= 0.6 is 0 Å². The summed E-state index contributed by atoms with van der Waals surface area (Å²) in [7, 11) is 0. The highest BCUT2D eigenvalue weighted by Crippen LogP contribution is 2.15. The predicted molar refractivity (Wildman–Crippen MR) is 54.1 cm³/mol. The zero-order valence-corrected chi connectivity index (χ0v) is 8.62. The van der Waals surface area contributed by atoms with E-state index in [4.69, 9.17) is 9.84 Å². The molecule has 0 fully saturated rings. The van der Waals surface area contributed by atoms with Gasteiger partial charge in [-0.2, -0.15) is 0 Å². The standard InChI is InChI=1S/C11H16O3/c1-11(2,10(12)13)14-8-9-6-4-3-5-7-9/h4,6-7H,3,5,8H2,1-2H3,(H,12,13). The molecule has 0 bridgehead atoms. The average Bonchev–Trinajstić information content (AvgIpc) is 2.16. The van der Waals surface area contributed by atoms with Crippen molar-refractivity contribution in [3.05, 3.63) is 23.8 Å². The molecule has 0 unspecified atom stereocenters. The Morgan fingerprint density at radius 3 is 2.79 bits per heavy atom. The van der Waals surface area contributed by atoms with Gasteiger partial charge in [0.2, 0.25) is 0 Å². The first-order valence-electron chi connectivity index (χ1n) is 4.75. The van der Waals surface area contributed by atoms with Crippen molar-refractivity contribution in [3.8, 4) is 0 Å². The highest BCUT2D eigenvalue weighted by Gasteiger charge is 2.27. The molecule has 14 heavy (non-hydrogen) atoms. The molecule has 0 aromatic rings. The van der Waals surface area contributed by atoms with Crippen LogP contribution in [-0.2, 0) is 9.53 Å². The van der Waals surface area contributed by atoms with Gasteiger partial charge in [0.1, 0.15) is 0 Å². The van der Waals surface area contributed by atoms with E-state index in [1.807, 2.05) is 6.08 Å². The van der Waals surface area contributed by atoms with Crippen molar-refractivity contribution in [2.45, 2.75) is 32.3 Å². The number of carbonyl (C=O) groups is 1. The van der Waals surface area contributed by atoms with E-state index in [0.717, 1.165) is 18.4 Å². The Labute approximate surface area is 84.1 Å². The van der Waals surface area contributed by atoms with Crippen molar-refractivity contribution in [3.63, 3.8) is 0 Å². The molecule has 0 aliphatic heterocycles. The van der Waals surface area contributed by atoms with E-state index in [2.05, 4.69) is 12.2 Å². The molecule has 3 nitrogen and oxygen atoms in total. The molecule has 1 rings (SSSR count). The number of rotatable bonds is 4. The number of carboxylic acid groups (broad SMARTS) is 1. The molecule has 0 heterocycles. The molecular weight excluding hydrogens is 180 g/mol. The van der Waals surface area contributed by atoms with Gasteiger partial charge in [0.15, 0.2) is 5.60 Å². The molecule has 1 N–H and O–H groups in total. The monoisotopic (exact) mass is 196 g/mol. The zero-order valence-electron chi connectivity index (χ0n) is 8.62. The minimum absolute atomic E-state index is 0.371. The molecule has 0 saturated carbocycles. The summed E-state index contributed by atoms with van der Waals surface area (Å²) in [5.74, 6) is -0.933. The quantitative estimate of drug-likeness (QED) is 0.749. The van der Waals surface area contributed by atoms with E-state index in [-0.39, 0.29) is 0 Å². The molecular formula is C11H16O3. The van der Waals surface area contributed by atoms with Gasteiger partial charge in [0.05, 0.1) is 6.61 Å². The van der Waals surface area contributed by atoms with Crippen LogP contribution < -0.4 is 0 Å². The molecule has 0 aromatic carbocycles. The Bertz CT molecular complexity index is 274. The van der Waals surface area contributed by atoms with E-state index in [9.17, 15) is 4.79 Å².